The molecule has 60 heavy (non-hydrogen) atoms. The van der Waals surface area contributed by atoms with Crippen LogP contribution in [0.1, 0.15) is 206 Å². The predicted molar refractivity (Wildman–Crippen MR) is 256 cm³/mol. The van der Waals surface area contributed by atoms with E-state index in [9.17, 15) is 14.3 Å². The number of ether oxygens (including phenoxy) is 2. The van der Waals surface area contributed by atoms with Gasteiger partial charge in [0.15, 0.2) is 0 Å². The van der Waals surface area contributed by atoms with E-state index in [0.29, 0.717) is 13.0 Å². The van der Waals surface area contributed by atoms with E-state index in [1.54, 1.807) is 0 Å². The molecule has 0 saturated carbocycles. The lowest BCUT2D eigenvalue weighted by Gasteiger charge is -2.20. The zero-order valence-corrected chi connectivity index (χ0v) is 39.6. The van der Waals surface area contributed by atoms with Gasteiger partial charge in [0.2, 0.25) is 0 Å². The third kappa shape index (κ3) is 47.0. The van der Waals surface area contributed by atoms with Gasteiger partial charge in [0, 0.05) is 19.6 Å². The van der Waals surface area contributed by atoms with E-state index in [4.69, 9.17) is 24.3 Å². The van der Waals surface area contributed by atoms with Crippen molar-refractivity contribution in [3.8, 4) is 0 Å². The number of rotatable bonds is 46. The molecule has 0 heterocycles. The Labute approximate surface area is 369 Å². The lowest BCUT2D eigenvalue weighted by atomic mass is 10.1. The van der Waals surface area contributed by atoms with Gasteiger partial charge in [-0.25, -0.2) is 4.57 Å². The van der Waals surface area contributed by atoms with Gasteiger partial charge in [0.05, 0.1) is 19.8 Å². The van der Waals surface area contributed by atoms with Crippen LogP contribution in [0.3, 0.4) is 0 Å². The summed E-state index contributed by atoms with van der Waals surface area (Å²) in [5, 5.41) is 0. The second-order valence-electron chi connectivity index (χ2n) is 15.9. The summed E-state index contributed by atoms with van der Waals surface area (Å²) in [6, 6.07) is 0. The Kier molecular flexibility index (Phi) is 46.3. The average molecular weight is 862 g/mol. The molecule has 2 unspecified atom stereocenters. The summed E-state index contributed by atoms with van der Waals surface area (Å²) in [5.74, 6) is -0.349. The maximum absolute atomic E-state index is 12.6. The number of carbonyl (C=O) groups is 1. The quantitative estimate of drug-likeness (QED) is 0.0269. The Morgan fingerprint density at radius 3 is 1.40 bits per heavy atom. The molecule has 8 nitrogen and oxygen atoms in total. The van der Waals surface area contributed by atoms with Gasteiger partial charge in [-0.2, -0.15) is 0 Å². The molecule has 0 saturated heterocycles. The molecular weight excluding hydrogens is 770 g/mol. The van der Waals surface area contributed by atoms with Crippen LogP contribution in [0, 0.1) is 0 Å². The minimum Gasteiger partial charge on any atom is -0.457 e. The highest BCUT2D eigenvalue weighted by atomic mass is 31.2. The van der Waals surface area contributed by atoms with Gasteiger partial charge in [-0.15, -0.1) is 0 Å². The van der Waals surface area contributed by atoms with E-state index in [0.717, 1.165) is 83.5 Å². The first kappa shape index (κ1) is 57.9. The minimum atomic E-state index is -4.29. The van der Waals surface area contributed by atoms with Crippen LogP contribution in [-0.2, 0) is 27.9 Å². The predicted octanol–water partition coefficient (Wildman–Crippen LogP) is 15.1. The first-order valence-corrected chi connectivity index (χ1v) is 25.9. The molecular formula is C51H92NO7P. The van der Waals surface area contributed by atoms with Crippen LogP contribution < -0.4 is 5.73 Å². The van der Waals surface area contributed by atoms with E-state index in [2.05, 4.69) is 86.8 Å². The van der Waals surface area contributed by atoms with Crippen LogP contribution in [0.4, 0.5) is 0 Å². The fourth-order valence-electron chi connectivity index (χ4n) is 6.55. The summed E-state index contributed by atoms with van der Waals surface area (Å²) < 4.78 is 33.5. The molecule has 2 atom stereocenters. The number of hydrogen-bond donors (Lipinski definition) is 2. The van der Waals surface area contributed by atoms with Crippen molar-refractivity contribution >= 4 is 13.8 Å². The molecule has 3 N–H and O–H groups in total. The summed E-state index contributed by atoms with van der Waals surface area (Å²) in [6.07, 6.45) is 60.8. The summed E-state index contributed by atoms with van der Waals surface area (Å²) in [4.78, 5) is 22.5. The van der Waals surface area contributed by atoms with E-state index in [1.165, 1.54) is 103 Å². The third-order valence-electron chi connectivity index (χ3n) is 10.1. The maximum atomic E-state index is 12.6. The molecule has 0 aromatic rings. The lowest BCUT2D eigenvalue weighted by Crippen LogP contribution is -2.28. The molecule has 0 aromatic heterocycles. The van der Waals surface area contributed by atoms with Crippen molar-refractivity contribution in [1.82, 2.24) is 0 Å². The van der Waals surface area contributed by atoms with Crippen molar-refractivity contribution in [2.45, 2.75) is 213 Å². The van der Waals surface area contributed by atoms with E-state index in [-0.39, 0.29) is 32.3 Å². The normalized spacial score (nSPS) is 14.0. The van der Waals surface area contributed by atoms with Crippen LogP contribution in [0.2, 0.25) is 0 Å². The first-order valence-electron chi connectivity index (χ1n) is 24.4. The largest absolute Gasteiger partial charge is 0.472 e. The molecule has 0 aliphatic carbocycles. The Balaban J connectivity index is 3.95. The molecule has 0 aliphatic heterocycles. The SMILES string of the molecule is CC/C=C\C/C=C\C/C=C\CCCCCCCC(=O)OC(COCCCCCCCCCCCCC/C=C\C/C=C\C/C=C\CCCCCCC)COP(=O)(O)OCCN. The first-order chi connectivity index (χ1) is 29.4. The van der Waals surface area contributed by atoms with Crippen molar-refractivity contribution in [1.29, 1.82) is 0 Å². The van der Waals surface area contributed by atoms with Crippen LogP contribution >= 0.6 is 7.82 Å². The Morgan fingerprint density at radius 2 is 0.933 bits per heavy atom. The molecule has 0 amide bonds. The average Bonchev–Trinajstić information content (AvgIpc) is 3.24. The van der Waals surface area contributed by atoms with E-state index < -0.39 is 13.9 Å². The van der Waals surface area contributed by atoms with Crippen molar-refractivity contribution in [3.63, 3.8) is 0 Å². The van der Waals surface area contributed by atoms with Gasteiger partial charge >= 0.3 is 13.8 Å². The Morgan fingerprint density at radius 1 is 0.517 bits per heavy atom. The summed E-state index contributed by atoms with van der Waals surface area (Å²) >= 11 is 0. The summed E-state index contributed by atoms with van der Waals surface area (Å²) in [5.41, 5.74) is 5.38. The highest BCUT2D eigenvalue weighted by molar-refractivity contribution is 7.47. The zero-order chi connectivity index (χ0) is 43.7. The number of nitrogens with two attached hydrogens (primary N) is 1. The van der Waals surface area contributed by atoms with Crippen LogP contribution in [0.15, 0.2) is 72.9 Å². The molecule has 0 bridgehead atoms. The van der Waals surface area contributed by atoms with Crippen molar-refractivity contribution in [3.05, 3.63) is 72.9 Å². The Hall–Kier alpha value is -2.06. The number of carbonyl (C=O) groups excluding carboxylic acids is 1. The fourth-order valence-corrected chi connectivity index (χ4v) is 7.31. The second kappa shape index (κ2) is 48.0. The molecule has 348 valence electrons. The molecule has 0 rings (SSSR count). The number of phosphoric acid groups is 1. The van der Waals surface area contributed by atoms with Gasteiger partial charge in [0.1, 0.15) is 6.10 Å². The fraction of sp³-hybridized carbons (Fsp3) is 0.745. The monoisotopic (exact) mass is 862 g/mol. The lowest BCUT2D eigenvalue weighted by molar-refractivity contribution is -0.154. The van der Waals surface area contributed by atoms with Gasteiger partial charge in [-0.05, 0) is 83.5 Å². The molecule has 9 heteroatoms. The van der Waals surface area contributed by atoms with Crippen LogP contribution in [0.25, 0.3) is 0 Å². The molecule has 0 spiro atoms. The summed E-state index contributed by atoms with van der Waals surface area (Å²) in [7, 11) is -4.29. The van der Waals surface area contributed by atoms with Crippen molar-refractivity contribution < 1.29 is 32.8 Å². The van der Waals surface area contributed by atoms with E-state index in [1.807, 2.05) is 0 Å². The standard InChI is InChI=1S/C51H92NO7P/c1-3-5-7-9-11-13-15-17-19-20-21-22-23-24-25-26-27-28-29-31-33-35-37-39-41-43-46-56-48-50(49-58-60(54,55)57-47-45-52)59-51(53)44-42-40-38-36-34-32-30-18-16-14-12-10-8-6-4-2/h6,8,12,14-15,17-18,20-21,23-24,30,50H,3-5,7,9-11,13,16,19,22,25-29,31-49,52H2,1-2H3,(H,54,55)/b8-6-,14-12-,17-15-,21-20-,24-23-,30-18-. The number of unbranched alkanes of at least 4 members (excludes halogenated alkanes) is 21. The zero-order valence-electron chi connectivity index (χ0n) is 38.7. The Bertz CT molecular complexity index is 1150. The number of esters is 1. The highest BCUT2D eigenvalue weighted by Crippen LogP contribution is 2.43. The van der Waals surface area contributed by atoms with Gasteiger partial charge in [-0.3, -0.25) is 13.8 Å². The van der Waals surface area contributed by atoms with Gasteiger partial charge in [0.25, 0.3) is 0 Å². The summed E-state index contributed by atoms with van der Waals surface area (Å²) in [6.45, 7) is 4.77. The molecule has 0 aliphatic rings. The van der Waals surface area contributed by atoms with E-state index >= 15 is 0 Å². The number of hydrogen-bond acceptors (Lipinski definition) is 7. The maximum Gasteiger partial charge on any atom is 0.472 e. The van der Waals surface area contributed by atoms with Gasteiger partial charge < -0.3 is 20.1 Å². The second-order valence-corrected chi connectivity index (χ2v) is 17.4. The molecule has 0 radical (unpaired) electrons. The molecule has 0 fully saturated rings. The topological polar surface area (TPSA) is 117 Å². The third-order valence-corrected chi connectivity index (χ3v) is 11.1. The number of phosphoric ester groups is 1. The highest BCUT2D eigenvalue weighted by Gasteiger charge is 2.25. The van der Waals surface area contributed by atoms with Crippen molar-refractivity contribution in [2.24, 2.45) is 5.73 Å². The van der Waals surface area contributed by atoms with Gasteiger partial charge in [-0.1, -0.05) is 189 Å². The smallest absolute Gasteiger partial charge is 0.457 e. The molecule has 0 aromatic carbocycles. The van der Waals surface area contributed by atoms with Crippen LogP contribution in [-0.4, -0.2) is 49.9 Å². The van der Waals surface area contributed by atoms with Crippen molar-refractivity contribution in [2.75, 3.05) is 33.0 Å². The minimum absolute atomic E-state index is 0.0936. The van der Waals surface area contributed by atoms with Crippen LogP contribution in [0.5, 0.6) is 0 Å². The number of allylic oxidation sites excluding steroid dienone is 12.